The van der Waals surface area contributed by atoms with E-state index >= 15 is 0 Å². The molecule has 2 nitrogen and oxygen atoms in total. The maximum absolute atomic E-state index is 5.39. The molecule has 0 unspecified atom stereocenters. The summed E-state index contributed by atoms with van der Waals surface area (Å²) >= 11 is 0. The fraction of sp³-hybridized carbons (Fsp3) is 1.00. The lowest BCUT2D eigenvalue weighted by molar-refractivity contribution is 0.0110. The molecule has 0 aromatic heterocycles. The third kappa shape index (κ3) is 2.46. The van der Waals surface area contributed by atoms with Crippen molar-refractivity contribution >= 4 is 0 Å². The molecule has 1 aliphatic rings. The van der Waals surface area contributed by atoms with Gasteiger partial charge >= 0.3 is 0 Å². The van der Waals surface area contributed by atoms with Gasteiger partial charge in [0.1, 0.15) is 0 Å². The fourth-order valence-corrected chi connectivity index (χ4v) is 2.22. The molecule has 0 atom stereocenters. The van der Waals surface area contributed by atoms with E-state index in [0.717, 1.165) is 19.8 Å². The van der Waals surface area contributed by atoms with E-state index in [9.17, 15) is 0 Å². The maximum Gasteiger partial charge on any atom is 0.0471 e. The first-order valence-electron chi connectivity index (χ1n) is 5.05. The molecular formula is C10H21NO. The van der Waals surface area contributed by atoms with Crippen LogP contribution in [0.25, 0.3) is 0 Å². The molecule has 1 rings (SSSR count). The highest BCUT2D eigenvalue weighted by Crippen LogP contribution is 2.34. The van der Waals surface area contributed by atoms with Crippen molar-refractivity contribution in [1.29, 1.82) is 0 Å². The van der Waals surface area contributed by atoms with Gasteiger partial charge in [0.05, 0.1) is 0 Å². The van der Waals surface area contributed by atoms with Crippen molar-refractivity contribution in [3.8, 4) is 0 Å². The van der Waals surface area contributed by atoms with E-state index in [1.54, 1.807) is 0 Å². The van der Waals surface area contributed by atoms with Gasteiger partial charge in [-0.3, -0.25) is 0 Å². The monoisotopic (exact) mass is 171 g/mol. The second-order valence-electron chi connectivity index (χ2n) is 3.89. The molecule has 0 spiro atoms. The summed E-state index contributed by atoms with van der Waals surface area (Å²) in [5, 5.41) is 3.31. The van der Waals surface area contributed by atoms with Crippen LogP contribution < -0.4 is 5.32 Å². The summed E-state index contributed by atoms with van der Waals surface area (Å²) in [4.78, 5) is 0. The Bertz CT molecular complexity index is 103. The van der Waals surface area contributed by atoms with Crippen LogP contribution in [0.4, 0.5) is 0 Å². The Kier molecular flexibility index (Phi) is 4.02. The van der Waals surface area contributed by atoms with Gasteiger partial charge in [0, 0.05) is 19.8 Å². The number of rotatable bonds is 4. The highest BCUT2D eigenvalue weighted by atomic mass is 16.5. The molecule has 0 saturated carbocycles. The van der Waals surface area contributed by atoms with Crippen molar-refractivity contribution in [1.82, 2.24) is 5.32 Å². The average molecular weight is 171 g/mol. The van der Waals surface area contributed by atoms with Crippen LogP contribution in [0, 0.1) is 5.41 Å². The van der Waals surface area contributed by atoms with E-state index in [-0.39, 0.29) is 0 Å². The van der Waals surface area contributed by atoms with Crippen LogP contribution >= 0.6 is 0 Å². The third-order valence-corrected chi connectivity index (χ3v) is 2.89. The van der Waals surface area contributed by atoms with E-state index in [1.807, 2.05) is 7.05 Å². The van der Waals surface area contributed by atoms with Gasteiger partial charge in [-0.1, -0.05) is 13.3 Å². The normalized spacial score (nSPS) is 22.5. The Balaban J connectivity index is 2.44. The Hall–Kier alpha value is -0.0800. The van der Waals surface area contributed by atoms with Crippen LogP contribution in [-0.4, -0.2) is 26.8 Å². The zero-order chi connectivity index (χ0) is 8.86. The van der Waals surface area contributed by atoms with Gasteiger partial charge in [0.2, 0.25) is 0 Å². The lowest BCUT2D eigenvalue weighted by Crippen LogP contribution is -2.37. The van der Waals surface area contributed by atoms with Crippen molar-refractivity contribution in [3.63, 3.8) is 0 Å². The molecule has 2 heteroatoms. The second kappa shape index (κ2) is 4.83. The summed E-state index contributed by atoms with van der Waals surface area (Å²) in [7, 11) is 2.05. The van der Waals surface area contributed by atoms with Crippen molar-refractivity contribution < 1.29 is 4.74 Å². The Labute approximate surface area is 75.7 Å². The predicted molar refractivity (Wildman–Crippen MR) is 51.3 cm³/mol. The lowest BCUT2D eigenvalue weighted by atomic mass is 9.76. The van der Waals surface area contributed by atoms with Gasteiger partial charge in [-0.25, -0.2) is 0 Å². The van der Waals surface area contributed by atoms with E-state index in [0.29, 0.717) is 5.41 Å². The van der Waals surface area contributed by atoms with Gasteiger partial charge < -0.3 is 10.1 Å². The van der Waals surface area contributed by atoms with Crippen molar-refractivity contribution in [3.05, 3.63) is 0 Å². The molecule has 1 N–H and O–H groups in total. The summed E-state index contributed by atoms with van der Waals surface area (Å²) in [5.41, 5.74) is 0.543. The molecule has 0 aromatic rings. The lowest BCUT2D eigenvalue weighted by Gasteiger charge is -2.37. The molecule has 72 valence electrons. The smallest absolute Gasteiger partial charge is 0.0471 e. The molecule has 0 amide bonds. The first-order chi connectivity index (χ1) is 5.83. The summed E-state index contributed by atoms with van der Waals surface area (Å²) < 4.78 is 5.39. The zero-order valence-corrected chi connectivity index (χ0v) is 8.36. The van der Waals surface area contributed by atoms with Crippen LogP contribution in [0.3, 0.4) is 0 Å². The number of hydrogen-bond donors (Lipinski definition) is 1. The van der Waals surface area contributed by atoms with Gasteiger partial charge in [-0.05, 0) is 31.7 Å². The van der Waals surface area contributed by atoms with Crippen LogP contribution in [0.1, 0.15) is 32.6 Å². The summed E-state index contributed by atoms with van der Waals surface area (Å²) in [6.45, 7) is 5.35. The molecular weight excluding hydrogens is 150 g/mol. The van der Waals surface area contributed by atoms with Gasteiger partial charge in [0.15, 0.2) is 0 Å². The first-order valence-corrected chi connectivity index (χ1v) is 5.05. The molecule has 0 aromatic carbocycles. The highest BCUT2D eigenvalue weighted by molar-refractivity contribution is 4.83. The quantitative estimate of drug-likeness (QED) is 0.696. The minimum Gasteiger partial charge on any atom is -0.381 e. The highest BCUT2D eigenvalue weighted by Gasteiger charge is 2.30. The largest absolute Gasteiger partial charge is 0.381 e. The van der Waals surface area contributed by atoms with E-state index < -0.39 is 0 Å². The summed E-state index contributed by atoms with van der Waals surface area (Å²) in [6.07, 6.45) is 5.11. The Morgan fingerprint density at radius 2 is 2.00 bits per heavy atom. The van der Waals surface area contributed by atoms with Crippen LogP contribution in [-0.2, 0) is 4.74 Å². The van der Waals surface area contributed by atoms with Gasteiger partial charge in [-0.2, -0.15) is 0 Å². The second-order valence-corrected chi connectivity index (χ2v) is 3.89. The summed E-state index contributed by atoms with van der Waals surface area (Å²) in [6, 6.07) is 0. The van der Waals surface area contributed by atoms with Crippen LogP contribution in [0.15, 0.2) is 0 Å². The van der Waals surface area contributed by atoms with E-state index in [2.05, 4.69) is 12.2 Å². The fourth-order valence-electron chi connectivity index (χ4n) is 2.22. The molecule has 0 bridgehead atoms. The van der Waals surface area contributed by atoms with Crippen LogP contribution in [0.5, 0.6) is 0 Å². The number of ether oxygens (including phenoxy) is 1. The molecule has 0 radical (unpaired) electrons. The minimum atomic E-state index is 0.543. The molecule has 12 heavy (non-hydrogen) atoms. The SMILES string of the molecule is CCCC1(CNC)CCOCC1. The topological polar surface area (TPSA) is 21.3 Å². The average Bonchev–Trinajstić information content (AvgIpc) is 2.07. The summed E-state index contributed by atoms with van der Waals surface area (Å²) in [5.74, 6) is 0. The predicted octanol–water partition coefficient (Wildman–Crippen LogP) is 1.80. The van der Waals surface area contributed by atoms with Crippen molar-refractivity contribution in [2.75, 3.05) is 26.8 Å². The Morgan fingerprint density at radius 3 is 2.50 bits per heavy atom. The molecule has 1 aliphatic heterocycles. The number of nitrogens with one attached hydrogen (secondary N) is 1. The molecule has 0 aliphatic carbocycles. The zero-order valence-electron chi connectivity index (χ0n) is 8.36. The van der Waals surface area contributed by atoms with Gasteiger partial charge in [-0.15, -0.1) is 0 Å². The molecule has 1 saturated heterocycles. The van der Waals surface area contributed by atoms with Crippen LogP contribution in [0.2, 0.25) is 0 Å². The maximum atomic E-state index is 5.39. The Morgan fingerprint density at radius 1 is 1.33 bits per heavy atom. The third-order valence-electron chi connectivity index (χ3n) is 2.89. The van der Waals surface area contributed by atoms with E-state index in [1.165, 1.54) is 25.7 Å². The standard InChI is InChI=1S/C10H21NO/c1-3-4-10(9-11-2)5-7-12-8-6-10/h11H,3-9H2,1-2H3. The minimum absolute atomic E-state index is 0.543. The molecule has 1 fully saturated rings. The number of hydrogen-bond acceptors (Lipinski definition) is 2. The van der Waals surface area contributed by atoms with Crippen molar-refractivity contribution in [2.24, 2.45) is 5.41 Å². The molecule has 1 heterocycles. The van der Waals surface area contributed by atoms with Crippen molar-refractivity contribution in [2.45, 2.75) is 32.6 Å². The van der Waals surface area contributed by atoms with Gasteiger partial charge in [0.25, 0.3) is 0 Å². The first kappa shape index (κ1) is 10.0. The van der Waals surface area contributed by atoms with E-state index in [4.69, 9.17) is 4.74 Å².